The SMILES string of the molecule is OO.OO.OO.OO.[Cr]. The van der Waals surface area contributed by atoms with Crippen LogP contribution in [-0.2, 0) is 17.4 Å². The quantitative estimate of drug-likeness (QED) is 0.195. The van der Waals surface area contributed by atoms with Crippen molar-refractivity contribution in [2.45, 2.75) is 0 Å². The Morgan fingerprint density at radius 3 is 0.333 bits per heavy atom. The van der Waals surface area contributed by atoms with E-state index in [1.165, 1.54) is 0 Å². The molecule has 0 aromatic rings. The van der Waals surface area contributed by atoms with Crippen molar-refractivity contribution >= 4 is 0 Å². The molecule has 62 valence electrons. The van der Waals surface area contributed by atoms with Crippen LogP contribution in [0.3, 0.4) is 0 Å². The third-order valence-electron chi connectivity index (χ3n) is 0. The molecule has 8 nitrogen and oxygen atoms in total. The van der Waals surface area contributed by atoms with E-state index in [1.54, 1.807) is 0 Å². The summed E-state index contributed by atoms with van der Waals surface area (Å²) in [6.07, 6.45) is 0. The third-order valence-corrected chi connectivity index (χ3v) is 0. The average Bonchev–Trinajstić information content (AvgIpc) is 2.03. The molecule has 0 aromatic carbocycles. The van der Waals surface area contributed by atoms with Crippen LogP contribution in [-0.4, -0.2) is 42.1 Å². The van der Waals surface area contributed by atoms with Crippen molar-refractivity contribution in [2.75, 3.05) is 0 Å². The Labute approximate surface area is 60.3 Å². The van der Waals surface area contributed by atoms with Crippen LogP contribution < -0.4 is 0 Å². The zero-order valence-corrected chi connectivity index (χ0v) is 5.26. The Morgan fingerprint density at radius 2 is 0.333 bits per heavy atom. The van der Waals surface area contributed by atoms with Crippen molar-refractivity contribution < 1.29 is 59.4 Å². The molecular weight excluding hydrogens is 180 g/mol. The van der Waals surface area contributed by atoms with Crippen molar-refractivity contribution in [2.24, 2.45) is 0 Å². The Morgan fingerprint density at radius 1 is 0.333 bits per heavy atom. The van der Waals surface area contributed by atoms with E-state index in [0.717, 1.165) is 0 Å². The Balaban J connectivity index is -0.00000000762. The fraction of sp³-hybridized carbons (Fsp3) is 0. The van der Waals surface area contributed by atoms with Crippen molar-refractivity contribution in [3.8, 4) is 0 Å². The molecular formula is H8CrO8. The maximum Gasteiger partial charge on any atom is 0 e. The van der Waals surface area contributed by atoms with E-state index in [2.05, 4.69) is 0 Å². The van der Waals surface area contributed by atoms with E-state index in [-0.39, 0.29) is 17.4 Å². The Hall–Kier alpha value is 0.212. The molecule has 0 saturated carbocycles. The van der Waals surface area contributed by atoms with E-state index < -0.39 is 0 Å². The van der Waals surface area contributed by atoms with Gasteiger partial charge in [-0.2, -0.15) is 0 Å². The molecule has 0 amide bonds. The van der Waals surface area contributed by atoms with Crippen LogP contribution in [0.5, 0.6) is 0 Å². The minimum atomic E-state index is 0. The fourth-order valence-electron chi connectivity index (χ4n) is 0. The second-order valence-electron chi connectivity index (χ2n) is 0. The molecule has 9 heavy (non-hydrogen) atoms. The predicted octanol–water partition coefficient (Wildman–Crippen LogP) is 0.0671. The van der Waals surface area contributed by atoms with Crippen LogP contribution in [0, 0.1) is 0 Å². The second kappa shape index (κ2) is 9460. The predicted molar refractivity (Wildman–Crippen MR) is 21.0 cm³/mol. The zero-order valence-electron chi connectivity index (χ0n) is 3.99. The first-order valence-corrected chi connectivity index (χ1v) is 0.800. The van der Waals surface area contributed by atoms with Crippen LogP contribution >= 0.6 is 0 Å². The summed E-state index contributed by atoms with van der Waals surface area (Å²) < 4.78 is 0. The van der Waals surface area contributed by atoms with Crippen LogP contribution in [0.25, 0.3) is 0 Å². The van der Waals surface area contributed by atoms with E-state index in [0.29, 0.717) is 0 Å². The molecule has 0 bridgehead atoms. The summed E-state index contributed by atoms with van der Waals surface area (Å²) in [5.74, 6) is 0. The summed E-state index contributed by atoms with van der Waals surface area (Å²) >= 11 is 0. The summed E-state index contributed by atoms with van der Waals surface area (Å²) in [4.78, 5) is 0. The van der Waals surface area contributed by atoms with Gasteiger partial charge in [0.2, 0.25) is 0 Å². The topological polar surface area (TPSA) is 162 Å². The van der Waals surface area contributed by atoms with Gasteiger partial charge in [-0.1, -0.05) is 0 Å². The molecule has 0 spiro atoms. The van der Waals surface area contributed by atoms with Gasteiger partial charge < -0.3 is 0 Å². The molecule has 9 heteroatoms. The minimum Gasteiger partial charge on any atom is -0.255 e. The van der Waals surface area contributed by atoms with Crippen LogP contribution in [0.15, 0.2) is 0 Å². The van der Waals surface area contributed by atoms with Crippen molar-refractivity contribution in [1.82, 2.24) is 0 Å². The first-order valence-electron chi connectivity index (χ1n) is 0.800. The minimum absolute atomic E-state index is 0. The molecule has 0 saturated heterocycles. The van der Waals surface area contributed by atoms with Gasteiger partial charge in [0.15, 0.2) is 0 Å². The molecule has 0 radical (unpaired) electrons. The van der Waals surface area contributed by atoms with E-state index in [9.17, 15) is 0 Å². The molecule has 0 aliphatic heterocycles. The zero-order chi connectivity index (χ0) is 8.00. The van der Waals surface area contributed by atoms with Crippen LogP contribution in [0.1, 0.15) is 0 Å². The van der Waals surface area contributed by atoms with Gasteiger partial charge in [0, 0.05) is 17.4 Å². The van der Waals surface area contributed by atoms with Crippen molar-refractivity contribution in [1.29, 1.82) is 0 Å². The first kappa shape index (κ1) is 35.0. The number of rotatable bonds is 0. The van der Waals surface area contributed by atoms with Crippen LogP contribution in [0.2, 0.25) is 0 Å². The van der Waals surface area contributed by atoms with Crippen molar-refractivity contribution in [3.63, 3.8) is 0 Å². The Kier molecular flexibility index (Phi) is 36800. The van der Waals surface area contributed by atoms with E-state index >= 15 is 0 Å². The molecule has 0 rings (SSSR count). The van der Waals surface area contributed by atoms with Gasteiger partial charge in [0.1, 0.15) is 0 Å². The smallest absolute Gasteiger partial charge is 0 e. The van der Waals surface area contributed by atoms with Crippen LogP contribution in [0.4, 0.5) is 0 Å². The van der Waals surface area contributed by atoms with Gasteiger partial charge in [0.25, 0.3) is 0 Å². The Bertz CT molecular complexity index is 4.53. The summed E-state index contributed by atoms with van der Waals surface area (Å²) in [5.41, 5.74) is 0. The van der Waals surface area contributed by atoms with Crippen molar-refractivity contribution in [3.05, 3.63) is 0 Å². The third kappa shape index (κ3) is 7020. The van der Waals surface area contributed by atoms with Gasteiger partial charge >= 0.3 is 0 Å². The summed E-state index contributed by atoms with van der Waals surface area (Å²) in [6.45, 7) is 0. The molecule has 0 fully saturated rings. The number of hydrogen-bond acceptors (Lipinski definition) is 8. The molecule has 8 N–H and O–H groups in total. The monoisotopic (exact) mass is 188 g/mol. The van der Waals surface area contributed by atoms with Gasteiger partial charge in [-0.15, -0.1) is 0 Å². The second-order valence-corrected chi connectivity index (χ2v) is 0. The van der Waals surface area contributed by atoms with Gasteiger partial charge in [0.05, 0.1) is 0 Å². The summed E-state index contributed by atoms with van der Waals surface area (Å²) in [7, 11) is 0. The largest absolute Gasteiger partial charge is 0.255 e. The summed E-state index contributed by atoms with van der Waals surface area (Å²) in [6, 6.07) is 0. The normalized spacial score (nSPS) is 2.67. The molecule has 0 aliphatic carbocycles. The molecule has 0 atom stereocenters. The molecule has 0 heterocycles. The maximum atomic E-state index is 6.00. The van der Waals surface area contributed by atoms with Gasteiger partial charge in [-0.25, -0.2) is 0 Å². The summed E-state index contributed by atoms with van der Waals surface area (Å²) in [5, 5.41) is 48.0. The molecule has 0 unspecified atom stereocenters. The first-order chi connectivity index (χ1) is 4.00. The number of hydrogen-bond donors (Lipinski definition) is 8. The standard InChI is InChI=1S/Cr.4H2O2/c;4*1-2/h;4*1-2H. The fourth-order valence-corrected chi connectivity index (χ4v) is 0. The van der Waals surface area contributed by atoms with E-state index in [4.69, 9.17) is 42.1 Å². The average molecular weight is 188 g/mol. The molecule has 0 aliphatic rings. The maximum absolute atomic E-state index is 6.00. The van der Waals surface area contributed by atoms with Gasteiger partial charge in [-0.05, 0) is 0 Å². The molecule has 0 aromatic heterocycles. The van der Waals surface area contributed by atoms with E-state index in [1.807, 2.05) is 0 Å². The van der Waals surface area contributed by atoms with Gasteiger partial charge in [-0.3, -0.25) is 42.1 Å².